The number of rotatable bonds is 7. The Labute approximate surface area is 157 Å². The lowest BCUT2D eigenvalue weighted by molar-refractivity contribution is 0.363. The van der Waals surface area contributed by atoms with Crippen molar-refractivity contribution in [1.29, 1.82) is 0 Å². The fourth-order valence-electron chi connectivity index (χ4n) is 3.35. The smallest absolute Gasteiger partial charge is 0.171 e. The Hall–Kier alpha value is -3.06. The van der Waals surface area contributed by atoms with Gasteiger partial charge in [-0.2, -0.15) is 0 Å². The minimum absolute atomic E-state index is 0.349. The van der Waals surface area contributed by atoms with Crippen molar-refractivity contribution >= 4 is 10.9 Å². The standard InChI is InChI=1S/C20H23N7/c1-20(2,19-24-25-26-27(19)14-15-6-5-10-21-12-15)23-11-9-16-13-22-18-8-4-3-7-17(16)18/h3-8,10,12-13,22-23H,9,11,14H2,1-2H3. The van der Waals surface area contributed by atoms with Crippen LogP contribution in [0.15, 0.2) is 55.0 Å². The molecule has 138 valence electrons. The third-order valence-corrected chi connectivity index (χ3v) is 4.78. The number of aromatic amines is 1. The van der Waals surface area contributed by atoms with Gasteiger partial charge in [0.1, 0.15) is 0 Å². The highest BCUT2D eigenvalue weighted by Crippen LogP contribution is 2.20. The maximum atomic E-state index is 4.26. The van der Waals surface area contributed by atoms with Gasteiger partial charge < -0.3 is 10.3 Å². The van der Waals surface area contributed by atoms with E-state index >= 15 is 0 Å². The van der Waals surface area contributed by atoms with Gasteiger partial charge >= 0.3 is 0 Å². The maximum Gasteiger partial charge on any atom is 0.171 e. The van der Waals surface area contributed by atoms with Crippen LogP contribution in [-0.2, 0) is 18.5 Å². The average molecular weight is 361 g/mol. The van der Waals surface area contributed by atoms with Crippen molar-refractivity contribution in [3.05, 3.63) is 71.9 Å². The highest BCUT2D eigenvalue weighted by atomic mass is 15.5. The third kappa shape index (κ3) is 3.73. The molecule has 0 saturated heterocycles. The molecule has 0 unspecified atom stereocenters. The molecule has 0 amide bonds. The van der Waals surface area contributed by atoms with Crippen LogP contribution < -0.4 is 5.32 Å². The van der Waals surface area contributed by atoms with Crippen molar-refractivity contribution < 1.29 is 0 Å². The van der Waals surface area contributed by atoms with E-state index in [0.29, 0.717) is 6.54 Å². The van der Waals surface area contributed by atoms with E-state index in [-0.39, 0.29) is 5.54 Å². The van der Waals surface area contributed by atoms with E-state index in [1.54, 1.807) is 6.20 Å². The monoisotopic (exact) mass is 361 g/mol. The molecule has 3 aromatic heterocycles. The van der Waals surface area contributed by atoms with Crippen LogP contribution in [-0.4, -0.2) is 36.7 Å². The summed E-state index contributed by atoms with van der Waals surface area (Å²) >= 11 is 0. The van der Waals surface area contributed by atoms with Gasteiger partial charge in [-0.15, -0.1) is 5.10 Å². The number of H-pyrrole nitrogens is 1. The van der Waals surface area contributed by atoms with Gasteiger partial charge in [-0.05, 0) is 54.0 Å². The Bertz CT molecular complexity index is 1020. The van der Waals surface area contributed by atoms with Crippen molar-refractivity contribution in [3.8, 4) is 0 Å². The van der Waals surface area contributed by atoms with Gasteiger partial charge in [-0.25, -0.2) is 4.68 Å². The van der Waals surface area contributed by atoms with Crippen molar-refractivity contribution in [1.82, 2.24) is 35.5 Å². The number of hydrogen-bond donors (Lipinski definition) is 2. The van der Waals surface area contributed by atoms with E-state index in [0.717, 1.165) is 24.4 Å². The molecule has 3 heterocycles. The second-order valence-electron chi connectivity index (χ2n) is 7.18. The summed E-state index contributed by atoms with van der Waals surface area (Å²) in [5.74, 6) is 0.810. The molecule has 0 radical (unpaired) electrons. The quantitative estimate of drug-likeness (QED) is 0.529. The third-order valence-electron chi connectivity index (χ3n) is 4.78. The van der Waals surface area contributed by atoms with Gasteiger partial charge in [0, 0.05) is 36.0 Å². The fraction of sp³-hybridized carbons (Fsp3) is 0.300. The Balaban J connectivity index is 1.44. The number of pyridine rings is 1. The van der Waals surface area contributed by atoms with Gasteiger partial charge in [-0.1, -0.05) is 24.3 Å². The lowest BCUT2D eigenvalue weighted by Gasteiger charge is -2.25. The topological polar surface area (TPSA) is 84.3 Å². The number of aromatic nitrogens is 6. The molecule has 4 rings (SSSR count). The first-order chi connectivity index (χ1) is 13.1. The molecule has 27 heavy (non-hydrogen) atoms. The lowest BCUT2D eigenvalue weighted by Crippen LogP contribution is -2.40. The van der Waals surface area contributed by atoms with Gasteiger partial charge in [0.15, 0.2) is 5.82 Å². The summed E-state index contributed by atoms with van der Waals surface area (Å²) in [5.41, 5.74) is 3.20. The van der Waals surface area contributed by atoms with Crippen LogP contribution in [0, 0.1) is 0 Å². The van der Waals surface area contributed by atoms with Crippen molar-refractivity contribution in [3.63, 3.8) is 0 Å². The zero-order valence-corrected chi connectivity index (χ0v) is 15.6. The second kappa shape index (κ2) is 7.28. The van der Waals surface area contributed by atoms with Crippen molar-refractivity contribution in [2.24, 2.45) is 0 Å². The van der Waals surface area contributed by atoms with E-state index in [2.05, 4.69) is 69.1 Å². The number of tetrazole rings is 1. The number of nitrogens with zero attached hydrogens (tertiary/aromatic N) is 5. The van der Waals surface area contributed by atoms with Crippen LogP contribution in [0.2, 0.25) is 0 Å². The molecule has 0 aliphatic heterocycles. The number of benzene rings is 1. The molecule has 0 fully saturated rings. The van der Waals surface area contributed by atoms with E-state index in [1.165, 1.54) is 16.5 Å². The molecular formula is C20H23N7. The van der Waals surface area contributed by atoms with Crippen molar-refractivity contribution in [2.75, 3.05) is 6.54 Å². The van der Waals surface area contributed by atoms with Crippen LogP contribution >= 0.6 is 0 Å². The Morgan fingerprint density at radius 1 is 1.15 bits per heavy atom. The van der Waals surface area contributed by atoms with E-state index in [4.69, 9.17) is 0 Å². The summed E-state index contributed by atoms with van der Waals surface area (Å²) in [5, 5.41) is 17.2. The van der Waals surface area contributed by atoms with Crippen LogP contribution in [0.1, 0.15) is 30.8 Å². The van der Waals surface area contributed by atoms with Gasteiger partial charge in [0.05, 0.1) is 12.1 Å². The number of nitrogens with one attached hydrogen (secondary N) is 2. The van der Waals surface area contributed by atoms with Crippen LogP contribution in [0.5, 0.6) is 0 Å². The number of fused-ring (bicyclic) bond motifs is 1. The molecule has 1 aromatic carbocycles. The Morgan fingerprint density at radius 2 is 2.04 bits per heavy atom. The van der Waals surface area contributed by atoms with Crippen molar-refractivity contribution in [2.45, 2.75) is 32.4 Å². The molecule has 0 aliphatic carbocycles. The minimum atomic E-state index is -0.349. The molecule has 4 aromatic rings. The molecule has 0 bridgehead atoms. The zero-order valence-electron chi connectivity index (χ0n) is 15.6. The summed E-state index contributed by atoms with van der Waals surface area (Å²) in [6.07, 6.45) is 6.62. The molecule has 7 heteroatoms. The summed E-state index contributed by atoms with van der Waals surface area (Å²) < 4.78 is 1.83. The summed E-state index contributed by atoms with van der Waals surface area (Å²) in [7, 11) is 0. The van der Waals surface area contributed by atoms with E-state index in [1.807, 2.05) is 29.1 Å². The van der Waals surface area contributed by atoms with E-state index in [9.17, 15) is 0 Å². The lowest BCUT2D eigenvalue weighted by atomic mass is 10.0. The molecule has 0 aliphatic rings. The summed E-state index contributed by atoms with van der Waals surface area (Å²) in [6.45, 7) is 5.64. The van der Waals surface area contributed by atoms with Crippen LogP contribution in [0.3, 0.4) is 0 Å². The highest BCUT2D eigenvalue weighted by Gasteiger charge is 2.27. The summed E-state index contributed by atoms with van der Waals surface area (Å²) in [4.78, 5) is 7.49. The maximum absolute atomic E-state index is 4.26. The van der Waals surface area contributed by atoms with Crippen LogP contribution in [0.4, 0.5) is 0 Å². The second-order valence-corrected chi connectivity index (χ2v) is 7.18. The predicted molar refractivity (Wildman–Crippen MR) is 104 cm³/mol. The molecule has 0 spiro atoms. The molecular weight excluding hydrogens is 338 g/mol. The number of para-hydroxylation sites is 1. The van der Waals surface area contributed by atoms with E-state index < -0.39 is 0 Å². The highest BCUT2D eigenvalue weighted by molar-refractivity contribution is 5.83. The van der Waals surface area contributed by atoms with Gasteiger partial charge in [-0.3, -0.25) is 4.98 Å². The SMILES string of the molecule is CC(C)(NCCc1c[nH]c2ccccc12)c1nnnn1Cc1cccnc1. The first kappa shape index (κ1) is 17.4. The largest absolute Gasteiger partial charge is 0.361 e. The Morgan fingerprint density at radius 3 is 2.89 bits per heavy atom. The first-order valence-electron chi connectivity index (χ1n) is 9.09. The minimum Gasteiger partial charge on any atom is -0.361 e. The normalized spacial score (nSPS) is 11.9. The predicted octanol–water partition coefficient (Wildman–Crippen LogP) is 2.67. The molecule has 7 nitrogen and oxygen atoms in total. The zero-order chi connectivity index (χ0) is 18.7. The molecule has 2 N–H and O–H groups in total. The molecule has 0 atom stereocenters. The number of hydrogen-bond acceptors (Lipinski definition) is 5. The van der Waals surface area contributed by atoms with Crippen LogP contribution in [0.25, 0.3) is 10.9 Å². The first-order valence-corrected chi connectivity index (χ1v) is 9.09. The fourth-order valence-corrected chi connectivity index (χ4v) is 3.35. The van der Waals surface area contributed by atoms with Gasteiger partial charge in [0.25, 0.3) is 0 Å². The average Bonchev–Trinajstić information content (AvgIpc) is 3.30. The van der Waals surface area contributed by atoms with Gasteiger partial charge in [0.2, 0.25) is 0 Å². The summed E-state index contributed by atoms with van der Waals surface area (Å²) in [6, 6.07) is 12.3. The Kier molecular flexibility index (Phi) is 4.68. The molecule has 0 saturated carbocycles.